The molecule has 1 saturated heterocycles. The summed E-state index contributed by atoms with van der Waals surface area (Å²) in [5.41, 5.74) is 7.50. The summed E-state index contributed by atoms with van der Waals surface area (Å²) in [6, 6.07) is 5.47. The van der Waals surface area contributed by atoms with Crippen molar-refractivity contribution < 1.29 is 4.74 Å². The maximum absolute atomic E-state index is 5.92. The molecule has 0 spiro atoms. The van der Waals surface area contributed by atoms with Gasteiger partial charge in [0, 0.05) is 24.1 Å². The minimum atomic E-state index is 0.327. The van der Waals surface area contributed by atoms with Gasteiger partial charge >= 0.3 is 0 Å². The van der Waals surface area contributed by atoms with Crippen molar-refractivity contribution in [2.45, 2.75) is 19.4 Å². The Balaban J connectivity index is 1.96. The van der Waals surface area contributed by atoms with Crippen LogP contribution in [0, 0.1) is 5.92 Å². The van der Waals surface area contributed by atoms with Gasteiger partial charge in [-0.3, -0.25) is 0 Å². The number of anilines is 2. The molecule has 1 heterocycles. The first kappa shape index (κ1) is 11.6. The molecule has 1 aliphatic heterocycles. The van der Waals surface area contributed by atoms with E-state index in [0.29, 0.717) is 17.0 Å². The zero-order valence-corrected chi connectivity index (χ0v) is 10.1. The largest absolute Gasteiger partial charge is 0.397 e. The summed E-state index contributed by atoms with van der Waals surface area (Å²) in [7, 11) is 0. The Hall–Kier alpha value is -0.930. The first-order valence-electron chi connectivity index (χ1n) is 5.57. The van der Waals surface area contributed by atoms with Crippen LogP contribution in [0.5, 0.6) is 0 Å². The van der Waals surface area contributed by atoms with Crippen molar-refractivity contribution in [3.05, 3.63) is 23.2 Å². The van der Waals surface area contributed by atoms with Crippen molar-refractivity contribution in [3.63, 3.8) is 0 Å². The van der Waals surface area contributed by atoms with Crippen LogP contribution in [0.3, 0.4) is 0 Å². The average molecular weight is 241 g/mol. The number of hydrogen-bond donors (Lipinski definition) is 2. The molecule has 88 valence electrons. The number of nitrogens with two attached hydrogens (primary N) is 1. The number of ether oxygens (including phenoxy) is 1. The highest BCUT2D eigenvalue weighted by molar-refractivity contribution is 6.31. The first-order valence-corrected chi connectivity index (χ1v) is 5.95. The predicted molar refractivity (Wildman–Crippen MR) is 67.9 cm³/mol. The smallest absolute Gasteiger partial charge is 0.0592 e. The molecular formula is C12H17ClN2O. The lowest BCUT2D eigenvalue weighted by molar-refractivity contribution is 0.108. The molecule has 1 fully saturated rings. The highest BCUT2D eigenvalue weighted by Gasteiger charge is 2.23. The van der Waals surface area contributed by atoms with Crippen LogP contribution in [0.25, 0.3) is 0 Å². The molecule has 0 aliphatic carbocycles. The van der Waals surface area contributed by atoms with E-state index in [9.17, 15) is 0 Å². The Morgan fingerprint density at radius 3 is 3.06 bits per heavy atom. The molecule has 2 atom stereocenters. The number of nitrogen functional groups attached to an aromatic ring is 1. The molecule has 1 aliphatic rings. The SMILES string of the molecule is CC1OCCC1CNc1cc(Cl)ccc1N. The fraction of sp³-hybridized carbons (Fsp3) is 0.500. The van der Waals surface area contributed by atoms with Crippen molar-refractivity contribution in [1.29, 1.82) is 0 Å². The summed E-state index contributed by atoms with van der Waals surface area (Å²) in [4.78, 5) is 0. The Morgan fingerprint density at radius 1 is 1.56 bits per heavy atom. The Labute approximate surface area is 101 Å². The number of halogens is 1. The van der Waals surface area contributed by atoms with Gasteiger partial charge in [-0.1, -0.05) is 11.6 Å². The lowest BCUT2D eigenvalue weighted by Crippen LogP contribution is -2.21. The van der Waals surface area contributed by atoms with Gasteiger partial charge in [-0.15, -0.1) is 0 Å². The molecule has 1 aromatic rings. The standard InChI is InChI=1S/C12H17ClN2O/c1-8-9(4-5-16-8)7-15-12-6-10(13)2-3-11(12)14/h2-3,6,8-9,15H,4-5,7,14H2,1H3. The summed E-state index contributed by atoms with van der Waals surface area (Å²) < 4.78 is 5.51. The fourth-order valence-corrected chi connectivity index (χ4v) is 2.14. The summed E-state index contributed by atoms with van der Waals surface area (Å²) in [6.45, 7) is 3.85. The monoisotopic (exact) mass is 240 g/mol. The van der Waals surface area contributed by atoms with Gasteiger partial charge in [0.1, 0.15) is 0 Å². The summed E-state index contributed by atoms with van der Waals surface area (Å²) >= 11 is 5.92. The molecule has 2 unspecified atom stereocenters. The number of hydrogen-bond acceptors (Lipinski definition) is 3. The molecule has 0 radical (unpaired) electrons. The molecule has 0 aromatic heterocycles. The van der Waals surface area contributed by atoms with Gasteiger partial charge in [0.25, 0.3) is 0 Å². The topological polar surface area (TPSA) is 47.3 Å². The van der Waals surface area contributed by atoms with E-state index in [4.69, 9.17) is 22.1 Å². The Morgan fingerprint density at radius 2 is 2.38 bits per heavy atom. The minimum absolute atomic E-state index is 0.327. The second-order valence-corrected chi connectivity index (χ2v) is 4.67. The van der Waals surface area contributed by atoms with Crippen LogP contribution in [-0.4, -0.2) is 19.3 Å². The number of nitrogens with one attached hydrogen (secondary N) is 1. The van der Waals surface area contributed by atoms with Crippen molar-refractivity contribution in [3.8, 4) is 0 Å². The number of benzene rings is 1. The third kappa shape index (κ3) is 2.60. The molecule has 0 amide bonds. The van der Waals surface area contributed by atoms with Crippen LogP contribution in [-0.2, 0) is 4.74 Å². The van der Waals surface area contributed by atoms with E-state index in [2.05, 4.69) is 12.2 Å². The van der Waals surface area contributed by atoms with Gasteiger partial charge in [0.2, 0.25) is 0 Å². The molecule has 2 rings (SSSR count). The lowest BCUT2D eigenvalue weighted by atomic mass is 10.0. The summed E-state index contributed by atoms with van der Waals surface area (Å²) in [5.74, 6) is 0.554. The van der Waals surface area contributed by atoms with E-state index < -0.39 is 0 Å². The molecular weight excluding hydrogens is 224 g/mol. The van der Waals surface area contributed by atoms with Crippen molar-refractivity contribution >= 4 is 23.0 Å². The van der Waals surface area contributed by atoms with E-state index in [0.717, 1.165) is 30.9 Å². The van der Waals surface area contributed by atoms with Crippen molar-refractivity contribution in [1.82, 2.24) is 0 Å². The van der Waals surface area contributed by atoms with Gasteiger partial charge in [-0.2, -0.15) is 0 Å². The summed E-state index contributed by atoms with van der Waals surface area (Å²) in [5, 5.41) is 4.04. The molecule has 3 nitrogen and oxygen atoms in total. The highest BCUT2D eigenvalue weighted by atomic mass is 35.5. The van der Waals surface area contributed by atoms with Crippen molar-refractivity contribution in [2.75, 3.05) is 24.2 Å². The van der Waals surface area contributed by atoms with E-state index in [1.54, 1.807) is 6.07 Å². The first-order chi connectivity index (χ1) is 7.66. The van der Waals surface area contributed by atoms with Crippen LogP contribution < -0.4 is 11.1 Å². The van der Waals surface area contributed by atoms with Gasteiger partial charge in [0.15, 0.2) is 0 Å². The third-order valence-corrected chi connectivity index (χ3v) is 3.34. The maximum atomic E-state index is 5.92. The minimum Gasteiger partial charge on any atom is -0.397 e. The van der Waals surface area contributed by atoms with Crippen LogP contribution >= 0.6 is 11.6 Å². The predicted octanol–water partition coefficient (Wildman–Crippen LogP) is 2.76. The van der Waals surface area contributed by atoms with Gasteiger partial charge < -0.3 is 15.8 Å². The number of rotatable bonds is 3. The summed E-state index contributed by atoms with van der Waals surface area (Å²) in [6.07, 6.45) is 1.43. The van der Waals surface area contributed by atoms with Crippen LogP contribution in [0.4, 0.5) is 11.4 Å². The van der Waals surface area contributed by atoms with E-state index in [-0.39, 0.29) is 0 Å². The maximum Gasteiger partial charge on any atom is 0.0592 e. The van der Waals surface area contributed by atoms with Crippen LogP contribution in [0.2, 0.25) is 5.02 Å². The molecule has 3 N–H and O–H groups in total. The highest BCUT2D eigenvalue weighted by Crippen LogP contribution is 2.25. The molecule has 1 aromatic carbocycles. The quantitative estimate of drug-likeness (QED) is 0.799. The Bertz CT molecular complexity index is 370. The normalized spacial score (nSPS) is 24.6. The fourth-order valence-electron chi connectivity index (χ4n) is 1.97. The van der Waals surface area contributed by atoms with Crippen LogP contribution in [0.15, 0.2) is 18.2 Å². The molecule has 4 heteroatoms. The average Bonchev–Trinajstić information content (AvgIpc) is 2.66. The lowest BCUT2D eigenvalue weighted by Gasteiger charge is -2.16. The molecule has 0 saturated carbocycles. The Kier molecular flexibility index (Phi) is 3.56. The van der Waals surface area contributed by atoms with E-state index in [1.165, 1.54) is 0 Å². The third-order valence-electron chi connectivity index (χ3n) is 3.10. The van der Waals surface area contributed by atoms with E-state index in [1.807, 2.05) is 12.1 Å². The van der Waals surface area contributed by atoms with Crippen LogP contribution in [0.1, 0.15) is 13.3 Å². The van der Waals surface area contributed by atoms with E-state index >= 15 is 0 Å². The molecule has 16 heavy (non-hydrogen) atoms. The second kappa shape index (κ2) is 4.93. The molecule has 0 bridgehead atoms. The zero-order valence-electron chi connectivity index (χ0n) is 9.37. The second-order valence-electron chi connectivity index (χ2n) is 4.24. The van der Waals surface area contributed by atoms with Gasteiger partial charge in [0.05, 0.1) is 17.5 Å². The zero-order chi connectivity index (χ0) is 11.5. The van der Waals surface area contributed by atoms with Crippen molar-refractivity contribution in [2.24, 2.45) is 5.92 Å². The van der Waals surface area contributed by atoms with Gasteiger partial charge in [-0.05, 0) is 31.5 Å². The van der Waals surface area contributed by atoms with Gasteiger partial charge in [-0.25, -0.2) is 0 Å².